The number of carboxylic acid groups (broad SMARTS) is 1. The topological polar surface area (TPSA) is 92.4 Å². The van der Waals surface area contributed by atoms with E-state index in [1.54, 1.807) is 6.07 Å². The Morgan fingerprint density at radius 3 is 2.50 bits per heavy atom. The van der Waals surface area contributed by atoms with E-state index in [0.29, 0.717) is 0 Å². The van der Waals surface area contributed by atoms with Crippen LogP contribution in [0.25, 0.3) is 0 Å². The number of carbonyl (C=O) groups is 2. The number of nitrogens with two attached hydrogens (primary N) is 1. The van der Waals surface area contributed by atoms with Crippen LogP contribution in [-0.2, 0) is 0 Å². The molecule has 1 unspecified atom stereocenters. The van der Waals surface area contributed by atoms with Crippen LogP contribution in [-0.4, -0.2) is 17.1 Å². The molecule has 104 valence electrons. The highest BCUT2D eigenvalue weighted by Gasteiger charge is 2.20. The van der Waals surface area contributed by atoms with Crippen molar-refractivity contribution in [3.05, 3.63) is 52.4 Å². The van der Waals surface area contributed by atoms with Gasteiger partial charge in [-0.3, -0.25) is 5.32 Å². The van der Waals surface area contributed by atoms with E-state index in [0.717, 1.165) is 10.4 Å². The van der Waals surface area contributed by atoms with Crippen molar-refractivity contribution in [1.82, 2.24) is 0 Å². The molecule has 5 nitrogen and oxygen atoms in total. The van der Waals surface area contributed by atoms with Gasteiger partial charge >= 0.3 is 12.0 Å². The van der Waals surface area contributed by atoms with E-state index in [4.69, 9.17) is 10.8 Å². The van der Waals surface area contributed by atoms with E-state index in [-0.39, 0.29) is 16.5 Å². The molecule has 2 aromatic rings. The molecule has 6 heteroatoms. The lowest BCUT2D eigenvalue weighted by Gasteiger charge is -2.08. The first-order valence-corrected chi connectivity index (χ1v) is 6.79. The maximum atomic E-state index is 11.2. The summed E-state index contributed by atoms with van der Waals surface area (Å²) in [7, 11) is 0. The lowest BCUT2D eigenvalue weighted by Crippen LogP contribution is -2.19. The summed E-state index contributed by atoms with van der Waals surface area (Å²) < 4.78 is 0. The minimum Gasteiger partial charge on any atom is -0.478 e. The maximum absolute atomic E-state index is 11.2. The fraction of sp³-hybridized carbons (Fsp3) is 0.143. The minimum absolute atomic E-state index is 0.0442. The highest BCUT2D eigenvalue weighted by molar-refractivity contribution is 7.16. The van der Waals surface area contributed by atoms with Crippen LogP contribution in [0.1, 0.15) is 33.6 Å². The van der Waals surface area contributed by atoms with Crippen LogP contribution in [0.3, 0.4) is 0 Å². The Labute approximate surface area is 120 Å². The third-order valence-corrected chi connectivity index (χ3v) is 4.18. The molecule has 1 aromatic heterocycles. The third-order valence-electron chi connectivity index (χ3n) is 2.94. The molecular weight excluding hydrogens is 276 g/mol. The first-order valence-electron chi connectivity index (χ1n) is 5.97. The van der Waals surface area contributed by atoms with Gasteiger partial charge in [-0.2, -0.15) is 0 Å². The average molecular weight is 290 g/mol. The second kappa shape index (κ2) is 5.75. The summed E-state index contributed by atoms with van der Waals surface area (Å²) in [4.78, 5) is 23.0. The molecular formula is C14H14N2O3S. The van der Waals surface area contributed by atoms with E-state index in [1.807, 2.05) is 37.3 Å². The smallest absolute Gasteiger partial charge is 0.338 e. The Balaban J connectivity index is 2.38. The number of aromatic carboxylic acids is 1. The zero-order valence-corrected chi connectivity index (χ0v) is 11.6. The van der Waals surface area contributed by atoms with E-state index in [2.05, 4.69) is 5.32 Å². The largest absolute Gasteiger partial charge is 0.478 e. The molecule has 0 aliphatic carbocycles. The lowest BCUT2D eigenvalue weighted by molar-refractivity contribution is 0.0698. The number of urea groups is 1. The predicted octanol–water partition coefficient (Wildman–Crippen LogP) is 3.09. The van der Waals surface area contributed by atoms with Crippen molar-refractivity contribution in [1.29, 1.82) is 0 Å². The number of rotatable bonds is 4. The first-order chi connectivity index (χ1) is 9.49. The van der Waals surface area contributed by atoms with Crippen LogP contribution in [0.4, 0.5) is 9.80 Å². The van der Waals surface area contributed by atoms with Crippen molar-refractivity contribution >= 4 is 28.3 Å². The number of hydrogen-bond acceptors (Lipinski definition) is 3. The quantitative estimate of drug-likeness (QED) is 0.807. The van der Waals surface area contributed by atoms with Crippen LogP contribution in [0.5, 0.6) is 0 Å². The summed E-state index contributed by atoms with van der Waals surface area (Å²) in [5, 5.41) is 11.8. The summed E-state index contributed by atoms with van der Waals surface area (Å²) in [6.07, 6.45) is 0. The molecule has 0 bridgehead atoms. The maximum Gasteiger partial charge on any atom is 0.338 e. The minimum atomic E-state index is -1.09. The molecule has 4 N–H and O–H groups in total. The van der Waals surface area contributed by atoms with Crippen molar-refractivity contribution in [3.63, 3.8) is 0 Å². The van der Waals surface area contributed by atoms with E-state index in [9.17, 15) is 9.59 Å². The summed E-state index contributed by atoms with van der Waals surface area (Å²) >= 11 is 1.23. The molecule has 0 saturated carbocycles. The normalized spacial score (nSPS) is 11.8. The second-order valence-corrected chi connectivity index (χ2v) is 5.40. The van der Waals surface area contributed by atoms with Gasteiger partial charge in [0.25, 0.3) is 0 Å². The number of carbonyl (C=O) groups excluding carboxylic acids is 1. The number of carboxylic acids is 1. The fourth-order valence-electron chi connectivity index (χ4n) is 1.89. The summed E-state index contributed by atoms with van der Waals surface area (Å²) in [6.45, 7) is 1.99. The van der Waals surface area contributed by atoms with Crippen molar-refractivity contribution < 1.29 is 14.7 Å². The van der Waals surface area contributed by atoms with Crippen LogP contribution in [0.2, 0.25) is 0 Å². The Bertz CT molecular complexity index is 637. The van der Waals surface area contributed by atoms with Gasteiger partial charge in [0.15, 0.2) is 0 Å². The van der Waals surface area contributed by atoms with Crippen molar-refractivity contribution in [2.45, 2.75) is 12.8 Å². The molecule has 1 heterocycles. The van der Waals surface area contributed by atoms with Crippen LogP contribution < -0.4 is 11.1 Å². The van der Waals surface area contributed by atoms with Crippen LogP contribution in [0.15, 0.2) is 36.4 Å². The number of primary amides is 1. The molecule has 0 aliphatic heterocycles. The Kier molecular flexibility index (Phi) is 4.05. The molecule has 2 rings (SSSR count). The van der Waals surface area contributed by atoms with Crippen molar-refractivity contribution in [2.75, 3.05) is 5.32 Å². The highest BCUT2D eigenvalue weighted by Crippen LogP contribution is 2.35. The van der Waals surface area contributed by atoms with Crippen molar-refractivity contribution in [3.8, 4) is 0 Å². The summed E-state index contributed by atoms with van der Waals surface area (Å²) in [5.41, 5.74) is 6.20. The zero-order valence-electron chi connectivity index (χ0n) is 10.8. The Hall–Kier alpha value is -2.34. The molecule has 1 aromatic carbocycles. The van der Waals surface area contributed by atoms with Crippen LogP contribution >= 0.6 is 11.3 Å². The van der Waals surface area contributed by atoms with Gasteiger partial charge in [0.2, 0.25) is 0 Å². The van der Waals surface area contributed by atoms with Gasteiger partial charge in [0.05, 0.1) is 5.56 Å². The lowest BCUT2D eigenvalue weighted by atomic mass is 9.99. The van der Waals surface area contributed by atoms with Gasteiger partial charge in [-0.25, -0.2) is 9.59 Å². The van der Waals surface area contributed by atoms with Gasteiger partial charge < -0.3 is 10.8 Å². The fourth-order valence-corrected chi connectivity index (χ4v) is 3.03. The highest BCUT2D eigenvalue weighted by atomic mass is 32.1. The molecule has 0 saturated heterocycles. The molecule has 2 amide bonds. The standard InChI is InChI=1S/C14H14N2O3S/c1-8(9-5-3-2-4-6-9)11-7-10(13(17)18)12(20-11)16-14(15)19/h2-8H,1H3,(H,17,18)(H3,15,16,19). The van der Waals surface area contributed by atoms with Gasteiger partial charge in [-0.15, -0.1) is 11.3 Å². The number of nitrogens with one attached hydrogen (secondary N) is 1. The molecule has 1 atom stereocenters. The average Bonchev–Trinajstić information content (AvgIpc) is 2.82. The summed E-state index contributed by atoms with van der Waals surface area (Å²) in [5.74, 6) is -1.04. The third kappa shape index (κ3) is 2.97. The number of hydrogen-bond donors (Lipinski definition) is 3. The molecule has 0 fully saturated rings. The van der Waals surface area contributed by atoms with Gasteiger partial charge in [0, 0.05) is 10.8 Å². The number of thiophene rings is 1. The van der Waals surface area contributed by atoms with Gasteiger partial charge in [-0.1, -0.05) is 37.3 Å². The molecule has 0 radical (unpaired) electrons. The number of anilines is 1. The molecule has 20 heavy (non-hydrogen) atoms. The van der Waals surface area contributed by atoms with E-state index >= 15 is 0 Å². The van der Waals surface area contributed by atoms with Crippen molar-refractivity contribution in [2.24, 2.45) is 5.73 Å². The van der Waals surface area contributed by atoms with E-state index in [1.165, 1.54) is 11.3 Å². The zero-order chi connectivity index (χ0) is 14.7. The van der Waals surface area contributed by atoms with Gasteiger partial charge in [0.1, 0.15) is 5.00 Å². The first kappa shape index (κ1) is 14.1. The number of amides is 2. The second-order valence-electron chi connectivity index (χ2n) is 4.32. The number of benzene rings is 1. The summed E-state index contributed by atoms with van der Waals surface area (Å²) in [6, 6.07) is 10.6. The Morgan fingerprint density at radius 1 is 1.30 bits per heavy atom. The van der Waals surface area contributed by atoms with Crippen LogP contribution in [0, 0.1) is 0 Å². The van der Waals surface area contributed by atoms with Gasteiger partial charge in [-0.05, 0) is 11.6 Å². The predicted molar refractivity (Wildman–Crippen MR) is 78.4 cm³/mol. The monoisotopic (exact) mass is 290 g/mol. The SMILES string of the molecule is CC(c1ccccc1)c1cc(C(=O)O)c(NC(N)=O)s1. The van der Waals surface area contributed by atoms with E-state index < -0.39 is 12.0 Å². The Morgan fingerprint density at radius 2 is 1.95 bits per heavy atom. The molecule has 0 spiro atoms. The molecule has 0 aliphatic rings.